The molecule has 0 bridgehead atoms. The second kappa shape index (κ2) is 4.02. The van der Waals surface area contributed by atoms with Crippen LogP contribution in [0.15, 0.2) is 36.5 Å². The third-order valence-corrected chi connectivity index (χ3v) is 1.64. The molecule has 0 fully saturated rings. The second-order valence-corrected chi connectivity index (χ2v) is 3.02. The second-order valence-electron chi connectivity index (χ2n) is 3.02. The zero-order valence-corrected chi connectivity index (χ0v) is 7.33. The molecule has 0 aromatic carbocycles. The lowest BCUT2D eigenvalue weighted by Crippen LogP contribution is -2.11. The predicted octanol–water partition coefficient (Wildman–Crippen LogP) is 2.05. The molecule has 1 atom stereocenters. The summed E-state index contributed by atoms with van der Waals surface area (Å²) in [5.41, 5.74) is 7.89. The van der Waals surface area contributed by atoms with E-state index in [0.29, 0.717) is 0 Å². The Morgan fingerprint density at radius 3 is 2.92 bits per heavy atom. The molecular weight excluding hydrogens is 148 g/mol. The zero-order chi connectivity index (χ0) is 8.97. The molecule has 0 radical (unpaired) electrons. The SMILES string of the molecule is C=C(C)CC(N)c1ccccn1. The quantitative estimate of drug-likeness (QED) is 0.691. The van der Waals surface area contributed by atoms with Crippen LogP contribution in [0.5, 0.6) is 0 Å². The molecule has 0 saturated carbocycles. The van der Waals surface area contributed by atoms with Crippen molar-refractivity contribution in [1.29, 1.82) is 0 Å². The summed E-state index contributed by atoms with van der Waals surface area (Å²) in [5, 5.41) is 0. The first-order chi connectivity index (χ1) is 5.70. The number of rotatable bonds is 3. The standard InChI is InChI=1S/C10H14N2/c1-8(2)7-9(11)10-5-3-4-6-12-10/h3-6,9H,1,7,11H2,2H3. The van der Waals surface area contributed by atoms with Gasteiger partial charge in [-0.15, -0.1) is 6.58 Å². The fourth-order valence-electron chi connectivity index (χ4n) is 1.08. The average molecular weight is 162 g/mol. The largest absolute Gasteiger partial charge is 0.322 e. The van der Waals surface area contributed by atoms with Gasteiger partial charge in [0.2, 0.25) is 0 Å². The van der Waals surface area contributed by atoms with Gasteiger partial charge in [0, 0.05) is 6.20 Å². The molecule has 0 amide bonds. The van der Waals surface area contributed by atoms with Gasteiger partial charge in [-0.3, -0.25) is 4.98 Å². The smallest absolute Gasteiger partial charge is 0.0574 e. The number of pyridine rings is 1. The van der Waals surface area contributed by atoms with Crippen molar-refractivity contribution in [3.05, 3.63) is 42.2 Å². The molecule has 1 unspecified atom stereocenters. The average Bonchev–Trinajstić information content (AvgIpc) is 2.05. The maximum atomic E-state index is 5.87. The van der Waals surface area contributed by atoms with Gasteiger partial charge in [0.05, 0.1) is 11.7 Å². The van der Waals surface area contributed by atoms with Crippen molar-refractivity contribution >= 4 is 0 Å². The molecule has 1 aromatic heterocycles. The van der Waals surface area contributed by atoms with E-state index in [1.165, 1.54) is 0 Å². The summed E-state index contributed by atoms with van der Waals surface area (Å²) >= 11 is 0. The van der Waals surface area contributed by atoms with E-state index in [-0.39, 0.29) is 6.04 Å². The highest BCUT2D eigenvalue weighted by molar-refractivity contribution is 5.10. The van der Waals surface area contributed by atoms with Gasteiger partial charge in [-0.25, -0.2) is 0 Å². The lowest BCUT2D eigenvalue weighted by atomic mass is 10.1. The maximum absolute atomic E-state index is 5.87. The van der Waals surface area contributed by atoms with Crippen molar-refractivity contribution in [3.63, 3.8) is 0 Å². The maximum Gasteiger partial charge on any atom is 0.0574 e. The highest BCUT2D eigenvalue weighted by Crippen LogP contribution is 2.14. The van der Waals surface area contributed by atoms with Gasteiger partial charge in [-0.1, -0.05) is 11.6 Å². The minimum Gasteiger partial charge on any atom is -0.322 e. The summed E-state index contributed by atoms with van der Waals surface area (Å²) in [7, 11) is 0. The first-order valence-electron chi connectivity index (χ1n) is 4.01. The van der Waals surface area contributed by atoms with E-state index in [9.17, 15) is 0 Å². The molecule has 0 aliphatic rings. The molecule has 64 valence electrons. The van der Waals surface area contributed by atoms with Gasteiger partial charge < -0.3 is 5.73 Å². The summed E-state index contributed by atoms with van der Waals surface area (Å²) in [6.45, 7) is 5.79. The Morgan fingerprint density at radius 2 is 2.42 bits per heavy atom. The van der Waals surface area contributed by atoms with E-state index in [4.69, 9.17) is 5.73 Å². The van der Waals surface area contributed by atoms with E-state index in [1.807, 2.05) is 25.1 Å². The van der Waals surface area contributed by atoms with Crippen molar-refractivity contribution in [2.45, 2.75) is 19.4 Å². The van der Waals surface area contributed by atoms with E-state index < -0.39 is 0 Å². The molecule has 0 aliphatic heterocycles. The number of hydrogen-bond donors (Lipinski definition) is 1. The van der Waals surface area contributed by atoms with E-state index in [2.05, 4.69) is 11.6 Å². The fourth-order valence-corrected chi connectivity index (χ4v) is 1.08. The summed E-state index contributed by atoms with van der Waals surface area (Å²) in [4.78, 5) is 4.17. The Morgan fingerprint density at radius 1 is 1.67 bits per heavy atom. The summed E-state index contributed by atoms with van der Waals surface area (Å²) < 4.78 is 0. The third-order valence-electron chi connectivity index (χ3n) is 1.64. The van der Waals surface area contributed by atoms with Crippen LogP contribution in [0.25, 0.3) is 0 Å². The van der Waals surface area contributed by atoms with Crippen LogP contribution in [0, 0.1) is 0 Å². The lowest BCUT2D eigenvalue weighted by Gasteiger charge is -2.09. The third kappa shape index (κ3) is 2.47. The van der Waals surface area contributed by atoms with Crippen molar-refractivity contribution in [1.82, 2.24) is 4.98 Å². The monoisotopic (exact) mass is 162 g/mol. The van der Waals surface area contributed by atoms with Crippen LogP contribution in [0.1, 0.15) is 25.1 Å². The lowest BCUT2D eigenvalue weighted by molar-refractivity contribution is 0.692. The predicted molar refractivity (Wildman–Crippen MR) is 50.6 cm³/mol. The number of nitrogens with zero attached hydrogens (tertiary/aromatic N) is 1. The van der Waals surface area contributed by atoms with E-state index in [1.54, 1.807) is 6.20 Å². The molecule has 0 spiro atoms. The number of aromatic nitrogens is 1. The van der Waals surface area contributed by atoms with Crippen molar-refractivity contribution < 1.29 is 0 Å². The normalized spacial score (nSPS) is 12.5. The van der Waals surface area contributed by atoms with Crippen LogP contribution in [-0.2, 0) is 0 Å². The molecule has 2 nitrogen and oxygen atoms in total. The van der Waals surface area contributed by atoms with Crippen LogP contribution >= 0.6 is 0 Å². The molecule has 1 rings (SSSR count). The Bertz CT molecular complexity index is 254. The van der Waals surface area contributed by atoms with Crippen molar-refractivity contribution in [2.24, 2.45) is 5.73 Å². The van der Waals surface area contributed by atoms with Crippen molar-refractivity contribution in [3.8, 4) is 0 Å². The van der Waals surface area contributed by atoms with Crippen molar-refractivity contribution in [2.75, 3.05) is 0 Å². The molecular formula is C10H14N2. The molecule has 2 heteroatoms. The van der Waals surface area contributed by atoms with Gasteiger partial charge in [0.25, 0.3) is 0 Å². The van der Waals surface area contributed by atoms with Gasteiger partial charge >= 0.3 is 0 Å². The summed E-state index contributed by atoms with van der Waals surface area (Å²) in [6.07, 6.45) is 2.56. The molecule has 0 aliphatic carbocycles. The van der Waals surface area contributed by atoms with Gasteiger partial charge in [-0.2, -0.15) is 0 Å². The van der Waals surface area contributed by atoms with Gasteiger partial charge in [0.15, 0.2) is 0 Å². The van der Waals surface area contributed by atoms with Crippen LogP contribution in [0.4, 0.5) is 0 Å². The summed E-state index contributed by atoms with van der Waals surface area (Å²) in [5.74, 6) is 0. The summed E-state index contributed by atoms with van der Waals surface area (Å²) in [6, 6.07) is 5.76. The van der Waals surface area contributed by atoms with Crippen LogP contribution in [0.2, 0.25) is 0 Å². The Labute approximate surface area is 73.1 Å². The number of hydrogen-bond acceptors (Lipinski definition) is 2. The highest BCUT2D eigenvalue weighted by atomic mass is 14.8. The van der Waals surface area contributed by atoms with Crippen LogP contribution < -0.4 is 5.73 Å². The first-order valence-corrected chi connectivity index (χ1v) is 4.01. The first kappa shape index (κ1) is 8.94. The molecule has 2 N–H and O–H groups in total. The van der Waals surface area contributed by atoms with Gasteiger partial charge in [0.1, 0.15) is 0 Å². The van der Waals surface area contributed by atoms with E-state index >= 15 is 0 Å². The fraction of sp³-hybridized carbons (Fsp3) is 0.300. The topological polar surface area (TPSA) is 38.9 Å². The van der Waals surface area contributed by atoms with E-state index in [0.717, 1.165) is 17.7 Å². The molecule has 12 heavy (non-hydrogen) atoms. The highest BCUT2D eigenvalue weighted by Gasteiger charge is 2.05. The molecule has 0 saturated heterocycles. The van der Waals surface area contributed by atoms with Crippen LogP contribution in [-0.4, -0.2) is 4.98 Å². The Hall–Kier alpha value is -1.15. The molecule has 1 aromatic rings. The Kier molecular flexibility index (Phi) is 3.00. The Balaban J connectivity index is 2.65. The van der Waals surface area contributed by atoms with Gasteiger partial charge in [-0.05, 0) is 25.5 Å². The minimum absolute atomic E-state index is 0.0105. The minimum atomic E-state index is -0.0105. The zero-order valence-electron chi connectivity index (χ0n) is 7.33. The van der Waals surface area contributed by atoms with Crippen LogP contribution in [0.3, 0.4) is 0 Å². The number of nitrogens with two attached hydrogens (primary N) is 1. The molecule has 1 heterocycles.